The lowest BCUT2D eigenvalue weighted by molar-refractivity contribution is -0.384. The lowest BCUT2D eigenvalue weighted by Gasteiger charge is -2.38. The molecule has 6 heteroatoms. The maximum Gasteiger partial charge on any atom is 0.287 e. The van der Waals surface area contributed by atoms with Gasteiger partial charge >= 0.3 is 0 Å². The fourth-order valence-electron chi connectivity index (χ4n) is 2.15. The van der Waals surface area contributed by atoms with Gasteiger partial charge in [-0.1, -0.05) is 24.9 Å². The highest BCUT2D eigenvalue weighted by Crippen LogP contribution is 2.39. The van der Waals surface area contributed by atoms with E-state index in [4.69, 9.17) is 11.6 Å². The molecule has 0 bridgehead atoms. The molecule has 1 amide bonds. The van der Waals surface area contributed by atoms with Gasteiger partial charge in [-0.05, 0) is 30.4 Å². The van der Waals surface area contributed by atoms with Crippen molar-refractivity contribution in [2.24, 2.45) is 5.41 Å². The molecular formula is C13H15ClN2O3. The average molecular weight is 283 g/mol. The fraction of sp³-hybridized carbons (Fsp3) is 0.462. The van der Waals surface area contributed by atoms with Crippen LogP contribution in [0.3, 0.4) is 0 Å². The Morgan fingerprint density at radius 1 is 1.53 bits per heavy atom. The molecule has 1 N–H and O–H groups in total. The molecule has 2 rings (SSSR count). The van der Waals surface area contributed by atoms with Crippen molar-refractivity contribution in [3.05, 3.63) is 38.9 Å². The van der Waals surface area contributed by atoms with Gasteiger partial charge in [0.25, 0.3) is 11.6 Å². The van der Waals surface area contributed by atoms with Crippen molar-refractivity contribution in [1.82, 2.24) is 5.32 Å². The number of nitrogens with zero attached hydrogens (tertiary/aromatic N) is 1. The third-order valence-corrected chi connectivity index (χ3v) is 3.95. The summed E-state index contributed by atoms with van der Waals surface area (Å²) in [5.74, 6) is -0.245. The molecule has 0 atom stereocenters. The van der Waals surface area contributed by atoms with Crippen LogP contribution in [0.2, 0.25) is 5.02 Å². The Kier molecular flexibility index (Phi) is 3.75. The van der Waals surface area contributed by atoms with Crippen molar-refractivity contribution in [3.63, 3.8) is 0 Å². The maximum atomic E-state index is 11.9. The third kappa shape index (κ3) is 3.04. The van der Waals surface area contributed by atoms with Crippen LogP contribution in [0.15, 0.2) is 18.2 Å². The van der Waals surface area contributed by atoms with Crippen LogP contribution < -0.4 is 5.32 Å². The van der Waals surface area contributed by atoms with E-state index in [2.05, 4.69) is 12.2 Å². The number of nitro groups is 1. The summed E-state index contributed by atoms with van der Waals surface area (Å²) in [5.41, 5.74) is 0.350. The highest BCUT2D eigenvalue weighted by molar-refractivity contribution is 6.33. The first-order chi connectivity index (χ1) is 8.91. The van der Waals surface area contributed by atoms with Gasteiger partial charge in [-0.2, -0.15) is 0 Å². The predicted octanol–water partition coefficient (Wildman–Crippen LogP) is 3.17. The highest BCUT2D eigenvalue weighted by atomic mass is 35.5. The van der Waals surface area contributed by atoms with Crippen LogP contribution in [0, 0.1) is 15.5 Å². The molecule has 0 aromatic heterocycles. The van der Waals surface area contributed by atoms with Crippen LogP contribution in [0.1, 0.15) is 36.5 Å². The molecular weight excluding hydrogens is 268 g/mol. The SMILES string of the molecule is CC1(CNC(=O)c2ccc([N+](=O)[O-])c(Cl)c2)CCC1. The number of hydrogen-bond donors (Lipinski definition) is 1. The van der Waals surface area contributed by atoms with E-state index in [1.165, 1.54) is 24.6 Å². The van der Waals surface area contributed by atoms with Gasteiger partial charge in [-0.25, -0.2) is 0 Å². The summed E-state index contributed by atoms with van der Waals surface area (Å²) in [6.45, 7) is 2.76. The Hall–Kier alpha value is -1.62. The van der Waals surface area contributed by atoms with Crippen molar-refractivity contribution in [2.45, 2.75) is 26.2 Å². The number of benzene rings is 1. The van der Waals surface area contributed by atoms with E-state index in [0.29, 0.717) is 12.1 Å². The van der Waals surface area contributed by atoms with E-state index in [-0.39, 0.29) is 22.0 Å². The Labute approximate surface area is 116 Å². The molecule has 1 aromatic carbocycles. The van der Waals surface area contributed by atoms with Gasteiger partial charge in [0.1, 0.15) is 5.02 Å². The van der Waals surface area contributed by atoms with Crippen LogP contribution in [0.5, 0.6) is 0 Å². The molecule has 1 saturated carbocycles. The number of hydrogen-bond acceptors (Lipinski definition) is 3. The van der Waals surface area contributed by atoms with Gasteiger partial charge in [-0.15, -0.1) is 0 Å². The first-order valence-corrected chi connectivity index (χ1v) is 6.51. The summed E-state index contributed by atoms with van der Waals surface area (Å²) >= 11 is 5.78. The summed E-state index contributed by atoms with van der Waals surface area (Å²) in [7, 11) is 0. The number of nitro benzene ring substituents is 1. The molecule has 0 aliphatic heterocycles. The molecule has 0 unspecified atom stereocenters. The first kappa shape index (κ1) is 13.8. The summed E-state index contributed by atoms with van der Waals surface area (Å²) in [4.78, 5) is 22.0. The van der Waals surface area contributed by atoms with E-state index >= 15 is 0 Å². The smallest absolute Gasteiger partial charge is 0.287 e. The number of nitrogens with one attached hydrogen (secondary N) is 1. The van der Waals surface area contributed by atoms with Crippen molar-refractivity contribution in [3.8, 4) is 0 Å². The minimum Gasteiger partial charge on any atom is -0.351 e. The molecule has 0 saturated heterocycles. The summed E-state index contributed by atoms with van der Waals surface area (Å²) in [6.07, 6.45) is 3.44. The average Bonchev–Trinajstić information content (AvgIpc) is 2.33. The minimum absolute atomic E-state index is 0.0208. The van der Waals surface area contributed by atoms with Crippen LogP contribution in [-0.4, -0.2) is 17.4 Å². The molecule has 5 nitrogen and oxygen atoms in total. The fourth-order valence-corrected chi connectivity index (χ4v) is 2.40. The molecule has 1 aliphatic rings. The van der Waals surface area contributed by atoms with Crippen molar-refractivity contribution >= 4 is 23.2 Å². The summed E-state index contributed by atoms with van der Waals surface area (Å²) in [5, 5.41) is 13.5. The predicted molar refractivity (Wildman–Crippen MR) is 72.4 cm³/mol. The Morgan fingerprint density at radius 2 is 2.21 bits per heavy atom. The van der Waals surface area contributed by atoms with E-state index in [9.17, 15) is 14.9 Å². The Balaban J connectivity index is 2.03. The summed E-state index contributed by atoms with van der Waals surface area (Å²) < 4.78 is 0. The minimum atomic E-state index is -0.570. The van der Waals surface area contributed by atoms with Gasteiger partial charge in [-0.3, -0.25) is 14.9 Å². The number of rotatable bonds is 4. The van der Waals surface area contributed by atoms with Gasteiger partial charge < -0.3 is 5.32 Å². The third-order valence-electron chi connectivity index (χ3n) is 3.64. The lowest BCUT2D eigenvalue weighted by atomic mass is 9.70. The maximum absolute atomic E-state index is 11.9. The normalized spacial score (nSPS) is 16.5. The van der Waals surface area contributed by atoms with Crippen LogP contribution in [0.25, 0.3) is 0 Å². The zero-order valence-electron chi connectivity index (χ0n) is 10.6. The highest BCUT2D eigenvalue weighted by Gasteiger charge is 2.32. The van der Waals surface area contributed by atoms with Crippen LogP contribution in [0.4, 0.5) is 5.69 Å². The van der Waals surface area contributed by atoms with Crippen LogP contribution in [-0.2, 0) is 0 Å². The van der Waals surface area contributed by atoms with Crippen LogP contribution >= 0.6 is 11.6 Å². The Bertz CT molecular complexity index is 527. The second kappa shape index (κ2) is 5.17. The molecule has 0 radical (unpaired) electrons. The van der Waals surface area contributed by atoms with E-state index in [1.807, 2.05) is 0 Å². The molecule has 1 fully saturated rings. The number of amides is 1. The molecule has 19 heavy (non-hydrogen) atoms. The molecule has 1 aromatic rings. The quantitative estimate of drug-likeness (QED) is 0.681. The molecule has 0 spiro atoms. The number of carbonyl (C=O) groups excluding carboxylic acids is 1. The summed E-state index contributed by atoms with van der Waals surface area (Å²) in [6, 6.07) is 4.00. The second-order valence-corrected chi connectivity index (χ2v) is 5.68. The van der Waals surface area contributed by atoms with Crippen molar-refractivity contribution < 1.29 is 9.72 Å². The standard InChI is InChI=1S/C13H15ClN2O3/c1-13(5-2-6-13)8-15-12(17)9-3-4-11(16(18)19)10(14)7-9/h3-4,7H,2,5-6,8H2,1H3,(H,15,17). The number of halogens is 1. The van der Waals surface area contributed by atoms with E-state index in [1.54, 1.807) is 0 Å². The number of carbonyl (C=O) groups is 1. The van der Waals surface area contributed by atoms with E-state index in [0.717, 1.165) is 12.8 Å². The molecule has 1 aliphatic carbocycles. The monoisotopic (exact) mass is 282 g/mol. The van der Waals surface area contributed by atoms with Crippen molar-refractivity contribution in [2.75, 3.05) is 6.54 Å². The largest absolute Gasteiger partial charge is 0.351 e. The van der Waals surface area contributed by atoms with E-state index < -0.39 is 4.92 Å². The molecule has 102 valence electrons. The zero-order chi connectivity index (χ0) is 14.0. The Morgan fingerprint density at radius 3 is 2.68 bits per heavy atom. The topological polar surface area (TPSA) is 72.2 Å². The van der Waals surface area contributed by atoms with Gasteiger partial charge in [0, 0.05) is 18.2 Å². The van der Waals surface area contributed by atoms with Gasteiger partial charge in [0.05, 0.1) is 4.92 Å². The lowest BCUT2D eigenvalue weighted by Crippen LogP contribution is -2.39. The van der Waals surface area contributed by atoms with Gasteiger partial charge in [0.2, 0.25) is 0 Å². The van der Waals surface area contributed by atoms with Gasteiger partial charge in [0.15, 0.2) is 0 Å². The second-order valence-electron chi connectivity index (χ2n) is 5.27. The van der Waals surface area contributed by atoms with Crippen molar-refractivity contribution in [1.29, 1.82) is 0 Å². The first-order valence-electron chi connectivity index (χ1n) is 6.13. The zero-order valence-corrected chi connectivity index (χ0v) is 11.4. The molecule has 0 heterocycles.